The third-order valence-corrected chi connectivity index (χ3v) is 3.49. The lowest BCUT2D eigenvalue weighted by atomic mass is 10.1. The van der Waals surface area contributed by atoms with Crippen LogP contribution in [0.2, 0.25) is 0 Å². The fourth-order valence-electron chi connectivity index (χ4n) is 2.27. The Bertz CT molecular complexity index is 479. The molecule has 0 saturated heterocycles. The predicted molar refractivity (Wildman–Crippen MR) is 69.8 cm³/mol. The van der Waals surface area contributed by atoms with Crippen LogP contribution >= 0.6 is 0 Å². The van der Waals surface area contributed by atoms with E-state index in [-0.39, 0.29) is 17.3 Å². The Morgan fingerprint density at radius 3 is 2.37 bits per heavy atom. The SMILES string of the molecule is CN(C)C(CNc1c(F)cc(C#N)cc1F)C1CC1. The summed E-state index contributed by atoms with van der Waals surface area (Å²) in [5, 5.41) is 11.5. The van der Waals surface area contributed by atoms with Crippen LogP contribution in [0.1, 0.15) is 18.4 Å². The summed E-state index contributed by atoms with van der Waals surface area (Å²) in [6, 6.07) is 4.10. The zero-order valence-corrected chi connectivity index (χ0v) is 11.1. The summed E-state index contributed by atoms with van der Waals surface area (Å²) in [6.07, 6.45) is 2.34. The van der Waals surface area contributed by atoms with Crippen molar-refractivity contribution in [1.82, 2.24) is 4.90 Å². The lowest BCUT2D eigenvalue weighted by molar-refractivity contribution is 0.276. The van der Waals surface area contributed by atoms with Crippen molar-refractivity contribution in [3.8, 4) is 6.07 Å². The normalized spacial score (nSPS) is 16.2. The number of likely N-dealkylation sites (N-methyl/N-ethyl adjacent to an activating group) is 1. The number of benzene rings is 1. The zero-order valence-electron chi connectivity index (χ0n) is 11.1. The molecule has 1 aromatic carbocycles. The van der Waals surface area contributed by atoms with E-state index < -0.39 is 11.6 Å². The van der Waals surface area contributed by atoms with E-state index in [1.165, 1.54) is 12.8 Å². The first kappa shape index (κ1) is 13.8. The van der Waals surface area contributed by atoms with Gasteiger partial charge in [-0.1, -0.05) is 0 Å². The molecule has 1 fully saturated rings. The van der Waals surface area contributed by atoms with Crippen LogP contribution in [0, 0.1) is 28.9 Å². The van der Waals surface area contributed by atoms with Crippen molar-refractivity contribution in [2.45, 2.75) is 18.9 Å². The maximum Gasteiger partial charge on any atom is 0.150 e. The topological polar surface area (TPSA) is 39.1 Å². The summed E-state index contributed by atoms with van der Waals surface area (Å²) in [4.78, 5) is 2.07. The molecule has 1 atom stereocenters. The summed E-state index contributed by atoms with van der Waals surface area (Å²) in [7, 11) is 3.94. The Labute approximate surface area is 111 Å². The van der Waals surface area contributed by atoms with Crippen molar-refractivity contribution in [3.63, 3.8) is 0 Å². The molecule has 5 heteroatoms. The van der Waals surface area contributed by atoms with Gasteiger partial charge in [0.1, 0.15) is 5.69 Å². The highest BCUT2D eigenvalue weighted by Gasteiger charge is 2.32. The fourth-order valence-corrected chi connectivity index (χ4v) is 2.27. The molecular formula is C14H17F2N3. The van der Waals surface area contributed by atoms with E-state index in [4.69, 9.17) is 5.26 Å². The summed E-state index contributed by atoms with van der Waals surface area (Å²) in [5.74, 6) is -0.832. The predicted octanol–water partition coefficient (Wildman–Crippen LogP) is 2.59. The third kappa shape index (κ3) is 3.21. The second kappa shape index (κ2) is 5.54. The number of hydrogen-bond donors (Lipinski definition) is 1. The molecule has 1 unspecified atom stereocenters. The molecule has 0 bridgehead atoms. The summed E-state index contributed by atoms with van der Waals surface area (Å²) >= 11 is 0. The van der Waals surface area contributed by atoms with Gasteiger partial charge in [-0.25, -0.2) is 8.78 Å². The van der Waals surface area contributed by atoms with Crippen LogP contribution in [0.4, 0.5) is 14.5 Å². The number of halogens is 2. The Hall–Kier alpha value is -1.67. The van der Waals surface area contributed by atoms with Crippen LogP contribution in [0.5, 0.6) is 0 Å². The monoisotopic (exact) mass is 265 g/mol. The van der Waals surface area contributed by atoms with Crippen molar-refractivity contribution in [2.24, 2.45) is 5.92 Å². The van der Waals surface area contributed by atoms with Gasteiger partial charge in [0.15, 0.2) is 11.6 Å². The van der Waals surface area contributed by atoms with E-state index in [2.05, 4.69) is 10.2 Å². The van der Waals surface area contributed by atoms with E-state index in [0.29, 0.717) is 12.5 Å². The van der Waals surface area contributed by atoms with E-state index in [1.807, 2.05) is 14.1 Å². The summed E-state index contributed by atoms with van der Waals surface area (Å²) < 4.78 is 27.4. The molecule has 1 aliphatic rings. The first-order chi connectivity index (χ1) is 9.02. The molecule has 3 nitrogen and oxygen atoms in total. The quantitative estimate of drug-likeness (QED) is 0.889. The number of nitrogens with one attached hydrogen (secondary N) is 1. The van der Waals surface area contributed by atoms with Gasteiger partial charge in [-0.2, -0.15) is 5.26 Å². The van der Waals surface area contributed by atoms with Crippen molar-refractivity contribution < 1.29 is 8.78 Å². The molecular weight excluding hydrogens is 248 g/mol. The molecule has 0 aromatic heterocycles. The largest absolute Gasteiger partial charge is 0.379 e. The highest BCUT2D eigenvalue weighted by atomic mass is 19.1. The van der Waals surface area contributed by atoms with Crippen LogP contribution in [0.25, 0.3) is 0 Å². The molecule has 0 heterocycles. The van der Waals surface area contributed by atoms with Crippen LogP contribution in [-0.2, 0) is 0 Å². The number of rotatable bonds is 5. The van der Waals surface area contributed by atoms with Gasteiger partial charge in [-0.15, -0.1) is 0 Å². The van der Waals surface area contributed by atoms with Gasteiger partial charge in [0, 0.05) is 12.6 Å². The third-order valence-electron chi connectivity index (χ3n) is 3.49. The highest BCUT2D eigenvalue weighted by Crippen LogP contribution is 2.35. The molecule has 102 valence electrons. The minimum absolute atomic E-state index is 0.00750. The minimum atomic E-state index is -0.718. The molecule has 1 N–H and O–H groups in total. The van der Waals surface area contributed by atoms with Crippen LogP contribution in [0.3, 0.4) is 0 Å². The van der Waals surface area contributed by atoms with E-state index in [0.717, 1.165) is 12.1 Å². The maximum atomic E-state index is 13.7. The molecule has 0 spiro atoms. The van der Waals surface area contributed by atoms with Crippen molar-refractivity contribution in [3.05, 3.63) is 29.3 Å². The van der Waals surface area contributed by atoms with Gasteiger partial charge in [0.25, 0.3) is 0 Å². The summed E-state index contributed by atoms with van der Waals surface area (Å²) in [5.41, 5.74) is -0.154. The molecule has 0 radical (unpaired) electrons. The molecule has 0 aliphatic heterocycles. The standard InChI is InChI=1S/C14H17F2N3/c1-19(2)13(10-3-4-10)8-18-14-11(15)5-9(7-17)6-12(14)16/h5-6,10,13,18H,3-4,8H2,1-2H3. The van der Waals surface area contributed by atoms with E-state index in [1.54, 1.807) is 6.07 Å². The zero-order chi connectivity index (χ0) is 14.0. The lowest BCUT2D eigenvalue weighted by Gasteiger charge is -2.25. The maximum absolute atomic E-state index is 13.7. The number of anilines is 1. The van der Waals surface area contributed by atoms with Gasteiger partial charge >= 0.3 is 0 Å². The Balaban J connectivity index is 2.09. The van der Waals surface area contributed by atoms with E-state index >= 15 is 0 Å². The Kier molecular flexibility index (Phi) is 4.01. The number of nitrogens with zero attached hydrogens (tertiary/aromatic N) is 2. The van der Waals surface area contributed by atoms with Gasteiger partial charge in [-0.05, 0) is 45.0 Å². The van der Waals surface area contributed by atoms with E-state index in [9.17, 15) is 8.78 Å². The Morgan fingerprint density at radius 2 is 1.95 bits per heavy atom. The van der Waals surface area contributed by atoms with Crippen molar-refractivity contribution in [1.29, 1.82) is 5.26 Å². The van der Waals surface area contributed by atoms with Crippen LogP contribution in [0.15, 0.2) is 12.1 Å². The molecule has 1 saturated carbocycles. The molecule has 0 amide bonds. The van der Waals surface area contributed by atoms with Crippen LogP contribution in [-0.4, -0.2) is 31.6 Å². The van der Waals surface area contributed by atoms with Crippen LogP contribution < -0.4 is 5.32 Å². The number of nitriles is 1. The fraction of sp³-hybridized carbons (Fsp3) is 0.500. The average molecular weight is 265 g/mol. The molecule has 2 rings (SSSR count). The molecule has 19 heavy (non-hydrogen) atoms. The van der Waals surface area contributed by atoms with Gasteiger partial charge in [0.05, 0.1) is 11.6 Å². The summed E-state index contributed by atoms with van der Waals surface area (Å²) in [6.45, 7) is 0.497. The first-order valence-electron chi connectivity index (χ1n) is 6.32. The van der Waals surface area contributed by atoms with Gasteiger partial charge < -0.3 is 10.2 Å². The average Bonchev–Trinajstić information content (AvgIpc) is 3.16. The minimum Gasteiger partial charge on any atom is -0.379 e. The lowest BCUT2D eigenvalue weighted by Crippen LogP contribution is -2.36. The molecule has 1 aliphatic carbocycles. The van der Waals surface area contributed by atoms with Crippen molar-refractivity contribution in [2.75, 3.05) is 26.0 Å². The second-order valence-corrected chi connectivity index (χ2v) is 5.18. The van der Waals surface area contributed by atoms with Gasteiger partial charge in [-0.3, -0.25) is 0 Å². The molecule has 1 aromatic rings. The highest BCUT2D eigenvalue weighted by molar-refractivity contribution is 5.50. The van der Waals surface area contributed by atoms with Crippen molar-refractivity contribution >= 4 is 5.69 Å². The second-order valence-electron chi connectivity index (χ2n) is 5.18. The smallest absolute Gasteiger partial charge is 0.150 e. The number of hydrogen-bond acceptors (Lipinski definition) is 3. The Morgan fingerprint density at radius 1 is 1.37 bits per heavy atom. The van der Waals surface area contributed by atoms with Gasteiger partial charge in [0.2, 0.25) is 0 Å². The first-order valence-corrected chi connectivity index (χ1v) is 6.32.